The standard InChI is InChI=1S/C13H20N2/c1-9-4-7-12(8-13(9)14)15(3)10(2)11-5-6-11/h4,7-8,10-11H,5-6,14H2,1-3H3. The molecule has 0 spiro atoms. The second kappa shape index (κ2) is 3.76. The van der Waals surface area contributed by atoms with Crippen molar-refractivity contribution in [2.75, 3.05) is 17.7 Å². The zero-order chi connectivity index (χ0) is 11.0. The highest BCUT2D eigenvalue weighted by Crippen LogP contribution is 2.36. The van der Waals surface area contributed by atoms with E-state index in [-0.39, 0.29) is 0 Å². The molecule has 1 aliphatic rings. The predicted molar refractivity (Wildman–Crippen MR) is 66.2 cm³/mol. The van der Waals surface area contributed by atoms with Crippen molar-refractivity contribution in [1.82, 2.24) is 0 Å². The van der Waals surface area contributed by atoms with Crippen LogP contribution in [0.2, 0.25) is 0 Å². The Hall–Kier alpha value is -1.18. The van der Waals surface area contributed by atoms with E-state index in [1.807, 2.05) is 6.92 Å². The van der Waals surface area contributed by atoms with Gasteiger partial charge in [-0.2, -0.15) is 0 Å². The molecule has 1 unspecified atom stereocenters. The monoisotopic (exact) mass is 204 g/mol. The highest BCUT2D eigenvalue weighted by Gasteiger charge is 2.30. The van der Waals surface area contributed by atoms with Crippen LogP contribution in [0.15, 0.2) is 18.2 Å². The number of benzene rings is 1. The van der Waals surface area contributed by atoms with Gasteiger partial charge in [0.1, 0.15) is 0 Å². The van der Waals surface area contributed by atoms with Crippen LogP contribution >= 0.6 is 0 Å². The third-order valence-electron chi connectivity index (χ3n) is 3.59. The van der Waals surface area contributed by atoms with Crippen LogP contribution in [0, 0.1) is 12.8 Å². The first-order valence-electron chi connectivity index (χ1n) is 5.68. The van der Waals surface area contributed by atoms with Gasteiger partial charge in [0, 0.05) is 24.5 Å². The van der Waals surface area contributed by atoms with Gasteiger partial charge >= 0.3 is 0 Å². The Balaban J connectivity index is 2.17. The van der Waals surface area contributed by atoms with Gasteiger partial charge in [0.15, 0.2) is 0 Å². The van der Waals surface area contributed by atoms with Gasteiger partial charge in [-0.3, -0.25) is 0 Å². The number of anilines is 2. The molecular formula is C13H20N2. The van der Waals surface area contributed by atoms with Crippen LogP contribution in [0.1, 0.15) is 25.3 Å². The van der Waals surface area contributed by atoms with Crippen molar-refractivity contribution >= 4 is 11.4 Å². The van der Waals surface area contributed by atoms with Gasteiger partial charge in [-0.25, -0.2) is 0 Å². The maximum atomic E-state index is 5.92. The second-order valence-electron chi connectivity index (χ2n) is 4.73. The highest BCUT2D eigenvalue weighted by molar-refractivity contribution is 5.59. The first-order valence-corrected chi connectivity index (χ1v) is 5.68. The minimum atomic E-state index is 0.632. The van der Waals surface area contributed by atoms with Crippen LogP contribution in [0.3, 0.4) is 0 Å². The fraction of sp³-hybridized carbons (Fsp3) is 0.538. The fourth-order valence-corrected chi connectivity index (χ4v) is 1.98. The van der Waals surface area contributed by atoms with Gasteiger partial charge in [0.05, 0.1) is 0 Å². The van der Waals surface area contributed by atoms with Crippen molar-refractivity contribution in [3.63, 3.8) is 0 Å². The Morgan fingerprint density at radius 3 is 2.60 bits per heavy atom. The van der Waals surface area contributed by atoms with Crippen molar-refractivity contribution in [2.45, 2.75) is 32.7 Å². The Labute approximate surface area is 92.1 Å². The van der Waals surface area contributed by atoms with Crippen molar-refractivity contribution in [2.24, 2.45) is 5.92 Å². The van der Waals surface area contributed by atoms with Gasteiger partial charge < -0.3 is 10.6 Å². The molecule has 0 heterocycles. The van der Waals surface area contributed by atoms with Gasteiger partial charge in [0.2, 0.25) is 0 Å². The molecule has 2 rings (SSSR count). The van der Waals surface area contributed by atoms with E-state index in [1.165, 1.54) is 18.5 Å². The van der Waals surface area contributed by atoms with Crippen molar-refractivity contribution in [3.05, 3.63) is 23.8 Å². The topological polar surface area (TPSA) is 29.3 Å². The molecule has 1 fully saturated rings. The van der Waals surface area contributed by atoms with Crippen molar-refractivity contribution < 1.29 is 0 Å². The van der Waals surface area contributed by atoms with E-state index >= 15 is 0 Å². The molecule has 1 atom stereocenters. The number of nitrogen functional groups attached to an aromatic ring is 1. The number of nitrogens with two attached hydrogens (primary N) is 1. The Morgan fingerprint density at radius 1 is 1.40 bits per heavy atom. The summed E-state index contributed by atoms with van der Waals surface area (Å²) in [5.41, 5.74) is 9.21. The smallest absolute Gasteiger partial charge is 0.0386 e. The lowest BCUT2D eigenvalue weighted by Crippen LogP contribution is -2.30. The average molecular weight is 204 g/mol. The van der Waals surface area contributed by atoms with E-state index in [4.69, 9.17) is 5.73 Å². The third-order valence-corrected chi connectivity index (χ3v) is 3.59. The van der Waals surface area contributed by atoms with E-state index in [9.17, 15) is 0 Å². The first-order chi connectivity index (χ1) is 7.09. The molecule has 0 aromatic heterocycles. The molecule has 2 heteroatoms. The summed E-state index contributed by atoms with van der Waals surface area (Å²) in [5.74, 6) is 0.887. The van der Waals surface area contributed by atoms with E-state index in [0.717, 1.165) is 17.2 Å². The van der Waals surface area contributed by atoms with Crippen molar-refractivity contribution in [1.29, 1.82) is 0 Å². The molecule has 0 aliphatic heterocycles. The molecule has 1 aliphatic carbocycles. The number of aryl methyl sites for hydroxylation is 1. The predicted octanol–water partition coefficient (Wildman–Crippen LogP) is 2.81. The molecule has 0 bridgehead atoms. The van der Waals surface area contributed by atoms with Gasteiger partial charge in [0.25, 0.3) is 0 Å². The summed E-state index contributed by atoms with van der Waals surface area (Å²) in [5, 5.41) is 0. The summed E-state index contributed by atoms with van der Waals surface area (Å²) in [7, 11) is 2.16. The quantitative estimate of drug-likeness (QED) is 0.767. The largest absolute Gasteiger partial charge is 0.398 e. The minimum absolute atomic E-state index is 0.632. The maximum absolute atomic E-state index is 5.92. The van der Waals surface area contributed by atoms with Crippen LogP contribution in [-0.2, 0) is 0 Å². The summed E-state index contributed by atoms with van der Waals surface area (Å²) in [6.45, 7) is 4.34. The number of nitrogens with zero attached hydrogens (tertiary/aromatic N) is 1. The Bertz CT molecular complexity index is 356. The molecule has 0 amide bonds. The molecule has 1 saturated carbocycles. The summed E-state index contributed by atoms with van der Waals surface area (Å²) in [6.07, 6.45) is 2.76. The minimum Gasteiger partial charge on any atom is -0.398 e. The molecule has 1 aromatic rings. The molecule has 0 saturated heterocycles. The van der Waals surface area contributed by atoms with E-state index in [1.54, 1.807) is 0 Å². The van der Waals surface area contributed by atoms with Crippen LogP contribution in [0.4, 0.5) is 11.4 Å². The Kier molecular flexibility index (Phi) is 2.59. The van der Waals surface area contributed by atoms with Crippen LogP contribution < -0.4 is 10.6 Å². The lowest BCUT2D eigenvalue weighted by atomic mass is 10.1. The van der Waals surface area contributed by atoms with E-state index in [0.29, 0.717) is 6.04 Å². The summed E-state index contributed by atoms with van der Waals surface area (Å²) < 4.78 is 0. The Morgan fingerprint density at radius 2 is 2.07 bits per heavy atom. The lowest BCUT2D eigenvalue weighted by Gasteiger charge is -2.27. The molecule has 2 N–H and O–H groups in total. The number of hydrogen-bond acceptors (Lipinski definition) is 2. The number of rotatable bonds is 3. The normalized spacial score (nSPS) is 17.5. The van der Waals surface area contributed by atoms with E-state index < -0.39 is 0 Å². The fourth-order valence-electron chi connectivity index (χ4n) is 1.98. The average Bonchev–Trinajstić information content (AvgIpc) is 3.03. The zero-order valence-electron chi connectivity index (χ0n) is 9.83. The van der Waals surface area contributed by atoms with Crippen LogP contribution in [-0.4, -0.2) is 13.1 Å². The molecule has 82 valence electrons. The van der Waals surface area contributed by atoms with Crippen LogP contribution in [0.25, 0.3) is 0 Å². The van der Waals surface area contributed by atoms with Gasteiger partial charge in [-0.05, 0) is 50.3 Å². The molecule has 15 heavy (non-hydrogen) atoms. The zero-order valence-corrected chi connectivity index (χ0v) is 9.83. The summed E-state index contributed by atoms with van der Waals surface area (Å²) in [6, 6.07) is 6.96. The van der Waals surface area contributed by atoms with Gasteiger partial charge in [-0.15, -0.1) is 0 Å². The maximum Gasteiger partial charge on any atom is 0.0386 e. The molecule has 1 aromatic carbocycles. The third kappa shape index (κ3) is 2.09. The second-order valence-corrected chi connectivity index (χ2v) is 4.73. The lowest BCUT2D eigenvalue weighted by molar-refractivity contribution is 0.609. The SMILES string of the molecule is Cc1ccc(N(C)C(C)C2CC2)cc1N. The summed E-state index contributed by atoms with van der Waals surface area (Å²) >= 11 is 0. The van der Waals surface area contributed by atoms with Crippen LogP contribution in [0.5, 0.6) is 0 Å². The first kappa shape index (κ1) is 10.3. The molecule has 0 radical (unpaired) electrons. The molecule has 2 nitrogen and oxygen atoms in total. The highest BCUT2D eigenvalue weighted by atomic mass is 15.1. The molecular weight excluding hydrogens is 184 g/mol. The van der Waals surface area contributed by atoms with Crippen molar-refractivity contribution in [3.8, 4) is 0 Å². The summed E-state index contributed by atoms with van der Waals surface area (Å²) in [4.78, 5) is 2.34. The number of hydrogen-bond donors (Lipinski definition) is 1. The van der Waals surface area contributed by atoms with E-state index in [2.05, 4.69) is 37.1 Å². The van der Waals surface area contributed by atoms with Gasteiger partial charge in [-0.1, -0.05) is 6.07 Å².